The van der Waals surface area contributed by atoms with Gasteiger partial charge in [0.15, 0.2) is 6.61 Å². The lowest BCUT2D eigenvalue weighted by Gasteiger charge is -2.29. The molecule has 0 fully saturated rings. The van der Waals surface area contributed by atoms with Gasteiger partial charge in [-0.05, 0) is 33.6 Å². The van der Waals surface area contributed by atoms with Crippen molar-refractivity contribution in [3.8, 4) is 11.6 Å². The smallest absolute Gasteiger partial charge is 0.460 e. The van der Waals surface area contributed by atoms with Crippen LogP contribution < -0.4 is 19.0 Å². The number of hydrogen-bond acceptors (Lipinski definition) is 4. The molecule has 0 bridgehead atoms. The van der Waals surface area contributed by atoms with Crippen molar-refractivity contribution >= 4 is 0 Å². The molecule has 168 valence electrons. The summed E-state index contributed by atoms with van der Waals surface area (Å²) in [6.45, 7) is 4.78. The van der Waals surface area contributed by atoms with Gasteiger partial charge in [0.25, 0.3) is 0 Å². The molecule has 12 heteroatoms. The van der Waals surface area contributed by atoms with E-state index in [1.165, 1.54) is 17.0 Å². The molecular weight excluding hydrogens is 415 g/mol. The monoisotopic (exact) mass is 438 g/mol. The summed E-state index contributed by atoms with van der Waals surface area (Å²) >= 11 is 0. The Balaban J connectivity index is 2.97. The van der Waals surface area contributed by atoms with Crippen LogP contribution in [0.5, 0.6) is 11.6 Å². The zero-order valence-electron chi connectivity index (χ0n) is 16.1. The summed E-state index contributed by atoms with van der Waals surface area (Å²) < 4.78 is 104. The van der Waals surface area contributed by atoms with Crippen LogP contribution in [0.25, 0.3) is 0 Å². The molecule has 0 saturated carbocycles. The van der Waals surface area contributed by atoms with E-state index in [1.807, 2.05) is 0 Å². The molecular formula is C17H23F7NO4+. The molecule has 0 amide bonds. The minimum absolute atomic E-state index is 0.0475. The van der Waals surface area contributed by atoms with Crippen LogP contribution in [-0.2, 0) is 11.2 Å². The molecule has 0 unspecified atom stereocenters. The average Bonchev–Trinajstić information content (AvgIpc) is 2.60. The summed E-state index contributed by atoms with van der Waals surface area (Å²) in [5.74, 6) is -5.31. The molecule has 0 spiro atoms. The zero-order chi connectivity index (χ0) is 22.3. The van der Waals surface area contributed by atoms with Gasteiger partial charge in [0, 0.05) is 11.6 Å². The van der Waals surface area contributed by atoms with Crippen molar-refractivity contribution in [3.63, 3.8) is 0 Å². The minimum atomic E-state index is -6.25. The highest BCUT2D eigenvalue weighted by atomic mass is 19.4. The van der Waals surface area contributed by atoms with Crippen LogP contribution >= 0.6 is 0 Å². The third kappa shape index (κ3) is 6.00. The second-order valence-corrected chi connectivity index (χ2v) is 5.63. The maximum absolute atomic E-state index is 13.5. The SMILES string of the molecule is CCOc1c(CCCOC(F)(C(F)(F)F)C(F)(F)F)cc[n+](OCC)c1OCC. The molecule has 0 aliphatic heterocycles. The largest absolute Gasteiger partial charge is 0.484 e. The quantitative estimate of drug-likeness (QED) is 0.298. The molecule has 5 nitrogen and oxygen atoms in total. The van der Waals surface area contributed by atoms with Gasteiger partial charge in [0.2, 0.25) is 11.9 Å². The molecule has 1 heterocycles. The number of rotatable bonds is 11. The van der Waals surface area contributed by atoms with E-state index < -0.39 is 24.8 Å². The third-order valence-corrected chi connectivity index (χ3v) is 3.56. The fourth-order valence-corrected chi connectivity index (χ4v) is 2.34. The van der Waals surface area contributed by atoms with Crippen molar-refractivity contribution in [2.24, 2.45) is 0 Å². The van der Waals surface area contributed by atoms with Gasteiger partial charge in [-0.1, -0.05) is 0 Å². The Morgan fingerprint density at radius 1 is 0.862 bits per heavy atom. The second kappa shape index (κ2) is 10.2. The average molecular weight is 438 g/mol. The van der Waals surface area contributed by atoms with Crippen molar-refractivity contribution < 1.29 is 54.5 Å². The van der Waals surface area contributed by atoms with Gasteiger partial charge in [-0.25, -0.2) is 0 Å². The molecule has 29 heavy (non-hydrogen) atoms. The van der Waals surface area contributed by atoms with Gasteiger partial charge in [-0.3, -0.25) is 4.84 Å². The van der Waals surface area contributed by atoms with Crippen molar-refractivity contribution in [2.45, 2.75) is 51.8 Å². The normalized spacial score (nSPS) is 12.8. The van der Waals surface area contributed by atoms with Crippen molar-refractivity contribution in [1.29, 1.82) is 0 Å². The summed E-state index contributed by atoms with van der Waals surface area (Å²) in [6, 6.07) is 1.51. The Labute approximate surface area is 163 Å². The highest BCUT2D eigenvalue weighted by Gasteiger charge is 2.74. The predicted molar refractivity (Wildman–Crippen MR) is 86.3 cm³/mol. The molecule has 1 aromatic rings. The molecule has 0 aliphatic carbocycles. The van der Waals surface area contributed by atoms with Gasteiger partial charge in [0.05, 0.1) is 24.6 Å². The number of halogens is 7. The molecule has 0 aromatic carbocycles. The number of hydrogen-bond donors (Lipinski definition) is 0. The maximum Gasteiger partial charge on any atom is 0.460 e. The Hall–Kier alpha value is -1.98. The van der Waals surface area contributed by atoms with Crippen LogP contribution in [0.1, 0.15) is 32.8 Å². The van der Waals surface area contributed by atoms with Gasteiger partial charge < -0.3 is 14.2 Å². The zero-order valence-corrected chi connectivity index (χ0v) is 16.1. The summed E-state index contributed by atoms with van der Waals surface area (Å²) in [7, 11) is 0. The molecule has 0 atom stereocenters. The van der Waals surface area contributed by atoms with E-state index >= 15 is 0 Å². The Morgan fingerprint density at radius 3 is 1.93 bits per heavy atom. The maximum atomic E-state index is 13.5. The summed E-state index contributed by atoms with van der Waals surface area (Å²) in [5, 5.41) is 0. The first kappa shape index (κ1) is 25.1. The molecule has 0 aliphatic rings. The van der Waals surface area contributed by atoms with E-state index in [4.69, 9.17) is 14.3 Å². The lowest BCUT2D eigenvalue weighted by atomic mass is 10.1. The Bertz CT molecular complexity index is 636. The van der Waals surface area contributed by atoms with Gasteiger partial charge in [-0.15, -0.1) is 0 Å². The summed E-state index contributed by atoms with van der Waals surface area (Å²) in [5.41, 5.74) is 0.429. The fourth-order valence-electron chi connectivity index (χ4n) is 2.34. The van der Waals surface area contributed by atoms with Crippen molar-refractivity contribution in [2.75, 3.05) is 26.4 Å². The van der Waals surface area contributed by atoms with E-state index in [0.717, 1.165) is 0 Å². The van der Waals surface area contributed by atoms with Crippen LogP contribution in [0.15, 0.2) is 12.3 Å². The van der Waals surface area contributed by atoms with E-state index in [2.05, 4.69) is 4.74 Å². The van der Waals surface area contributed by atoms with Gasteiger partial charge >= 0.3 is 24.1 Å². The van der Waals surface area contributed by atoms with E-state index in [0.29, 0.717) is 12.2 Å². The number of alkyl halides is 7. The fraction of sp³-hybridized carbons (Fsp3) is 0.706. The van der Waals surface area contributed by atoms with E-state index in [1.54, 1.807) is 20.8 Å². The van der Waals surface area contributed by atoms with Gasteiger partial charge in [0.1, 0.15) is 0 Å². The van der Waals surface area contributed by atoms with Crippen LogP contribution in [0, 0.1) is 0 Å². The third-order valence-electron chi connectivity index (χ3n) is 3.56. The van der Waals surface area contributed by atoms with Crippen LogP contribution in [-0.4, -0.2) is 44.6 Å². The molecule has 1 rings (SSSR count). The van der Waals surface area contributed by atoms with Crippen LogP contribution in [0.2, 0.25) is 0 Å². The first-order chi connectivity index (χ1) is 13.4. The number of nitrogens with zero attached hydrogens (tertiary/aromatic N) is 1. The standard InChI is InChI=1S/C17H23F7NO4/c1-4-26-13-12(9-10-25(29-6-3)14(13)27-5-2)8-7-11-28-15(18,16(19,20)21)17(22,23)24/h9-10H,4-8,11H2,1-3H3/q+1. The number of ether oxygens (including phenoxy) is 3. The molecule has 0 saturated heterocycles. The molecule has 0 N–H and O–H groups in total. The summed E-state index contributed by atoms with van der Waals surface area (Å²) in [6.07, 6.45) is -11.4. The first-order valence-corrected chi connectivity index (χ1v) is 8.85. The lowest BCUT2D eigenvalue weighted by Crippen LogP contribution is -2.55. The highest BCUT2D eigenvalue weighted by molar-refractivity contribution is 5.38. The van der Waals surface area contributed by atoms with E-state index in [9.17, 15) is 30.7 Å². The van der Waals surface area contributed by atoms with E-state index in [-0.39, 0.29) is 37.7 Å². The first-order valence-electron chi connectivity index (χ1n) is 8.85. The Morgan fingerprint density at radius 2 is 1.45 bits per heavy atom. The number of aryl methyl sites for hydroxylation is 1. The molecule has 1 aromatic heterocycles. The predicted octanol–water partition coefficient (Wildman–Crippen LogP) is 3.96. The highest BCUT2D eigenvalue weighted by Crippen LogP contribution is 2.47. The van der Waals surface area contributed by atoms with Crippen molar-refractivity contribution in [3.05, 3.63) is 17.8 Å². The van der Waals surface area contributed by atoms with Crippen LogP contribution in [0.3, 0.4) is 0 Å². The Kier molecular flexibility index (Phi) is 8.79. The van der Waals surface area contributed by atoms with Crippen molar-refractivity contribution in [1.82, 2.24) is 0 Å². The topological polar surface area (TPSA) is 40.8 Å². The second-order valence-electron chi connectivity index (χ2n) is 5.63. The van der Waals surface area contributed by atoms with Crippen LogP contribution in [0.4, 0.5) is 30.7 Å². The minimum Gasteiger partial charge on any atom is -0.484 e. The number of pyridine rings is 1. The molecule has 0 radical (unpaired) electrons. The summed E-state index contributed by atoms with van der Waals surface area (Å²) in [4.78, 5) is 5.36. The lowest BCUT2D eigenvalue weighted by molar-refractivity contribution is -0.892. The van der Waals surface area contributed by atoms with Gasteiger partial charge in [-0.2, -0.15) is 30.7 Å². The number of aromatic nitrogens is 1.